The Morgan fingerprint density at radius 3 is 2.14 bits per heavy atom. The van der Waals surface area contributed by atoms with Gasteiger partial charge in [-0.3, -0.25) is 4.90 Å². The van der Waals surface area contributed by atoms with Crippen LogP contribution in [-0.4, -0.2) is 76.3 Å². The van der Waals surface area contributed by atoms with Gasteiger partial charge < -0.3 is 9.47 Å². The molecule has 0 saturated carbocycles. The molecule has 0 aliphatic carbocycles. The molecule has 0 N–H and O–H groups in total. The van der Waals surface area contributed by atoms with Gasteiger partial charge in [0, 0.05) is 45.4 Å². The van der Waals surface area contributed by atoms with Gasteiger partial charge in [0.05, 0.1) is 18.1 Å². The van der Waals surface area contributed by atoms with Gasteiger partial charge in [-0.25, -0.2) is 8.42 Å². The largest absolute Gasteiger partial charge is 0.381 e. The smallest absolute Gasteiger partial charge is 0.243 e. The van der Waals surface area contributed by atoms with E-state index in [0.29, 0.717) is 24.7 Å². The van der Waals surface area contributed by atoms with Crippen molar-refractivity contribution >= 4 is 10.0 Å². The van der Waals surface area contributed by atoms with E-state index >= 15 is 0 Å². The van der Waals surface area contributed by atoms with E-state index in [1.165, 1.54) is 0 Å². The zero-order chi connectivity index (χ0) is 20.2. The van der Waals surface area contributed by atoms with Crippen LogP contribution in [0.1, 0.15) is 39.2 Å². The first-order chi connectivity index (χ1) is 13.3. The molecule has 2 heterocycles. The van der Waals surface area contributed by atoms with E-state index in [2.05, 4.69) is 25.7 Å². The van der Waals surface area contributed by atoms with Crippen molar-refractivity contribution < 1.29 is 17.9 Å². The molecule has 2 aliphatic rings. The molecule has 0 unspecified atom stereocenters. The molecule has 3 rings (SSSR count). The van der Waals surface area contributed by atoms with Gasteiger partial charge in [-0.05, 0) is 36.0 Å². The van der Waals surface area contributed by atoms with E-state index in [4.69, 9.17) is 9.47 Å². The third-order valence-corrected chi connectivity index (χ3v) is 7.63. The first-order valence-corrected chi connectivity index (χ1v) is 11.7. The molecule has 6 nitrogen and oxygen atoms in total. The molecule has 0 aromatic heterocycles. The van der Waals surface area contributed by atoms with Crippen LogP contribution in [0.2, 0.25) is 0 Å². The molecule has 1 aromatic rings. The molecule has 0 atom stereocenters. The predicted octanol–water partition coefficient (Wildman–Crippen LogP) is 2.49. The summed E-state index contributed by atoms with van der Waals surface area (Å²) in [4.78, 5) is 2.67. The number of rotatable bonds is 6. The molecule has 28 heavy (non-hydrogen) atoms. The van der Waals surface area contributed by atoms with Gasteiger partial charge in [0.25, 0.3) is 0 Å². The van der Waals surface area contributed by atoms with E-state index in [1.807, 2.05) is 12.1 Å². The minimum atomic E-state index is -3.54. The van der Waals surface area contributed by atoms with Crippen LogP contribution in [0.5, 0.6) is 0 Å². The molecule has 7 heteroatoms. The highest BCUT2D eigenvalue weighted by Crippen LogP contribution is 2.27. The lowest BCUT2D eigenvalue weighted by Gasteiger charge is -2.35. The summed E-state index contributed by atoms with van der Waals surface area (Å²) in [5.74, 6) is 0. The number of sulfonamides is 1. The third-order valence-electron chi connectivity index (χ3n) is 5.67. The van der Waals surface area contributed by atoms with Crippen LogP contribution in [-0.2, 0) is 24.9 Å². The Morgan fingerprint density at radius 2 is 1.57 bits per heavy atom. The van der Waals surface area contributed by atoms with Crippen molar-refractivity contribution in [1.82, 2.24) is 9.21 Å². The Labute approximate surface area is 169 Å². The average molecular weight is 411 g/mol. The second-order valence-electron chi connectivity index (χ2n) is 8.69. The maximum absolute atomic E-state index is 13.5. The molecule has 2 aliphatic heterocycles. The summed E-state index contributed by atoms with van der Waals surface area (Å²) in [5, 5.41) is 0. The van der Waals surface area contributed by atoms with E-state index in [-0.39, 0.29) is 11.5 Å². The summed E-state index contributed by atoms with van der Waals surface area (Å²) < 4.78 is 39.6. The fourth-order valence-corrected chi connectivity index (χ4v) is 5.48. The average Bonchev–Trinajstić information content (AvgIpc) is 2.69. The summed E-state index contributed by atoms with van der Waals surface area (Å²) in [7, 11) is -3.54. The van der Waals surface area contributed by atoms with Gasteiger partial charge in [0.15, 0.2) is 0 Å². The molecule has 2 saturated heterocycles. The van der Waals surface area contributed by atoms with Crippen LogP contribution in [0.4, 0.5) is 0 Å². The fraction of sp³-hybridized carbons (Fsp3) is 0.714. The topological polar surface area (TPSA) is 59.1 Å². The molecule has 0 bridgehead atoms. The van der Waals surface area contributed by atoms with Crippen LogP contribution in [0.25, 0.3) is 0 Å². The molecule has 1 aromatic carbocycles. The molecular weight excluding hydrogens is 376 g/mol. The second-order valence-corrected chi connectivity index (χ2v) is 10.6. The fourth-order valence-electron chi connectivity index (χ4n) is 3.80. The van der Waals surface area contributed by atoms with E-state index < -0.39 is 10.0 Å². The molecule has 0 radical (unpaired) electrons. The van der Waals surface area contributed by atoms with Crippen molar-refractivity contribution in [2.75, 3.05) is 52.6 Å². The van der Waals surface area contributed by atoms with Gasteiger partial charge in [-0.2, -0.15) is 4.31 Å². The number of nitrogens with zero attached hydrogens (tertiary/aromatic N) is 2. The number of morpholine rings is 1. The second kappa shape index (κ2) is 9.22. The van der Waals surface area contributed by atoms with Crippen molar-refractivity contribution in [1.29, 1.82) is 0 Å². The van der Waals surface area contributed by atoms with Crippen LogP contribution < -0.4 is 0 Å². The molecular formula is C21H34N2O4S. The van der Waals surface area contributed by atoms with Crippen molar-refractivity contribution in [3.8, 4) is 0 Å². The first-order valence-electron chi connectivity index (χ1n) is 10.3. The van der Waals surface area contributed by atoms with Gasteiger partial charge >= 0.3 is 0 Å². The quantitative estimate of drug-likeness (QED) is 0.721. The normalized spacial score (nSPS) is 20.6. The van der Waals surface area contributed by atoms with E-state index in [9.17, 15) is 8.42 Å². The van der Waals surface area contributed by atoms with Crippen LogP contribution in [0.3, 0.4) is 0 Å². The number of hydrogen-bond acceptors (Lipinski definition) is 5. The van der Waals surface area contributed by atoms with Crippen LogP contribution in [0, 0.1) is 0 Å². The highest BCUT2D eigenvalue weighted by molar-refractivity contribution is 7.89. The molecule has 0 amide bonds. The van der Waals surface area contributed by atoms with Crippen LogP contribution >= 0.6 is 0 Å². The maximum atomic E-state index is 13.5. The maximum Gasteiger partial charge on any atom is 0.243 e. The molecule has 2 fully saturated rings. The standard InChI is InChI=1S/C21H34N2O4S/c1-21(2,3)18-4-6-20(7-5-18)28(24,25)23(19-8-14-26-15-9-19)11-10-22-12-16-27-17-13-22/h4-7,19H,8-17H2,1-3H3. The Kier molecular flexibility index (Phi) is 7.15. The van der Waals surface area contributed by atoms with Gasteiger partial charge in [-0.15, -0.1) is 0 Å². The predicted molar refractivity (Wildman–Crippen MR) is 110 cm³/mol. The lowest BCUT2D eigenvalue weighted by Crippen LogP contribution is -2.48. The van der Waals surface area contributed by atoms with Gasteiger partial charge in [-0.1, -0.05) is 32.9 Å². The lowest BCUT2D eigenvalue weighted by atomic mass is 9.87. The van der Waals surface area contributed by atoms with Crippen LogP contribution in [0.15, 0.2) is 29.2 Å². The Morgan fingerprint density at radius 1 is 1.00 bits per heavy atom. The monoisotopic (exact) mass is 410 g/mol. The van der Waals surface area contributed by atoms with Crippen molar-refractivity contribution in [3.05, 3.63) is 29.8 Å². The first kappa shape index (κ1) is 21.7. The minimum absolute atomic E-state index is 0.000971. The summed E-state index contributed by atoms with van der Waals surface area (Å²) >= 11 is 0. The highest BCUT2D eigenvalue weighted by atomic mass is 32.2. The van der Waals surface area contributed by atoms with Gasteiger partial charge in [0.1, 0.15) is 0 Å². The third kappa shape index (κ3) is 5.33. The zero-order valence-electron chi connectivity index (χ0n) is 17.4. The zero-order valence-corrected chi connectivity index (χ0v) is 18.2. The summed E-state index contributed by atoms with van der Waals surface area (Å²) in [6, 6.07) is 7.41. The van der Waals surface area contributed by atoms with Crippen molar-refractivity contribution in [2.24, 2.45) is 0 Å². The summed E-state index contributed by atoms with van der Waals surface area (Å²) in [5.41, 5.74) is 1.14. The summed E-state index contributed by atoms with van der Waals surface area (Å²) in [6.07, 6.45) is 1.50. The lowest BCUT2D eigenvalue weighted by molar-refractivity contribution is 0.0291. The van der Waals surface area contributed by atoms with E-state index in [1.54, 1.807) is 16.4 Å². The van der Waals surface area contributed by atoms with Gasteiger partial charge in [0.2, 0.25) is 10.0 Å². The van der Waals surface area contributed by atoms with Crippen molar-refractivity contribution in [2.45, 2.75) is 50.0 Å². The molecule has 0 spiro atoms. The molecule has 158 valence electrons. The highest BCUT2D eigenvalue weighted by Gasteiger charge is 2.33. The minimum Gasteiger partial charge on any atom is -0.381 e. The number of hydrogen-bond donors (Lipinski definition) is 0. The number of benzene rings is 1. The van der Waals surface area contributed by atoms with E-state index in [0.717, 1.165) is 51.3 Å². The Hall–Kier alpha value is -0.990. The number of ether oxygens (including phenoxy) is 2. The Bertz CT molecular complexity index is 716. The SMILES string of the molecule is CC(C)(C)c1ccc(S(=O)(=O)N(CCN2CCOCC2)C2CCOCC2)cc1. The summed E-state index contributed by atoms with van der Waals surface area (Å²) in [6.45, 7) is 12.1. The Balaban J connectivity index is 1.80. The van der Waals surface area contributed by atoms with Crippen molar-refractivity contribution in [3.63, 3.8) is 0 Å².